The van der Waals surface area contributed by atoms with Gasteiger partial charge < -0.3 is 4.74 Å². The molecule has 0 aromatic heterocycles. The molecule has 3 rings (SSSR count). The van der Waals surface area contributed by atoms with Gasteiger partial charge in [-0.3, -0.25) is 9.08 Å². The summed E-state index contributed by atoms with van der Waals surface area (Å²) in [6.07, 6.45) is 0.307. The molecule has 154 valence electrons. The molecule has 0 aliphatic carbocycles. The van der Waals surface area contributed by atoms with Gasteiger partial charge in [0, 0.05) is 5.56 Å². The van der Waals surface area contributed by atoms with Crippen molar-refractivity contribution in [3.8, 4) is 0 Å². The number of amides is 1. The Morgan fingerprint density at radius 2 is 1.93 bits per heavy atom. The van der Waals surface area contributed by atoms with Gasteiger partial charge in [0.05, 0.1) is 30.0 Å². The molecule has 1 aromatic rings. The minimum atomic E-state index is -3.73. The highest BCUT2D eigenvalue weighted by molar-refractivity contribution is 7.91. The normalized spacial score (nSPS) is 22.1. The highest BCUT2D eigenvalue weighted by atomic mass is 32.2. The first kappa shape index (κ1) is 20.7. The van der Waals surface area contributed by atoms with E-state index in [1.165, 1.54) is 6.08 Å². The quantitative estimate of drug-likeness (QED) is 0.642. The molecule has 2 aliphatic heterocycles. The zero-order valence-electron chi connectivity index (χ0n) is 14.7. The van der Waals surface area contributed by atoms with Crippen molar-refractivity contribution in [3.63, 3.8) is 0 Å². The lowest BCUT2D eigenvalue weighted by atomic mass is 10.0. The number of carbonyl (C=O) groups is 1. The van der Waals surface area contributed by atoms with Gasteiger partial charge in [-0.1, -0.05) is 6.08 Å². The van der Waals surface area contributed by atoms with Gasteiger partial charge in [0.2, 0.25) is 0 Å². The Hall–Kier alpha value is -2.05. The van der Waals surface area contributed by atoms with Gasteiger partial charge in [0.15, 0.2) is 9.84 Å². The smallest absolute Gasteiger partial charge is 0.414 e. The Morgan fingerprint density at radius 1 is 1.29 bits per heavy atom. The second kappa shape index (κ2) is 7.41. The molecule has 2 aliphatic rings. The molecule has 28 heavy (non-hydrogen) atoms. The van der Waals surface area contributed by atoms with Crippen LogP contribution in [0.25, 0.3) is 5.57 Å². The zero-order valence-corrected chi connectivity index (χ0v) is 16.4. The van der Waals surface area contributed by atoms with Crippen LogP contribution >= 0.6 is 0 Å². The number of hydrogen-bond acceptors (Lipinski definition) is 7. The van der Waals surface area contributed by atoms with E-state index in [-0.39, 0.29) is 41.3 Å². The fourth-order valence-corrected chi connectivity index (χ4v) is 4.50. The molecular formula is C16H17F2NO7S2. The highest BCUT2D eigenvalue weighted by Gasteiger charge is 2.34. The summed E-state index contributed by atoms with van der Waals surface area (Å²) in [7, 11) is -6.98. The SMILES string of the molecule is CS(=O)(=O)OCC1CN(c2cc(F)c(C3=CCS(=O)(=O)CC3)c(F)c2)C(=O)O1. The van der Waals surface area contributed by atoms with Crippen molar-refractivity contribution in [1.29, 1.82) is 0 Å². The molecule has 1 saturated heterocycles. The number of carbonyl (C=O) groups excluding carboxylic acids is 1. The molecule has 1 aromatic carbocycles. The molecule has 0 radical (unpaired) electrons. The Labute approximate surface area is 160 Å². The number of nitrogens with zero attached hydrogens (tertiary/aromatic N) is 1. The molecule has 1 atom stereocenters. The van der Waals surface area contributed by atoms with Crippen LogP contribution in [-0.2, 0) is 28.9 Å². The average molecular weight is 437 g/mol. The number of anilines is 1. The van der Waals surface area contributed by atoms with Crippen LogP contribution in [0.3, 0.4) is 0 Å². The van der Waals surface area contributed by atoms with Crippen molar-refractivity contribution in [2.24, 2.45) is 0 Å². The summed E-state index contributed by atoms with van der Waals surface area (Å²) in [4.78, 5) is 12.9. The third kappa shape index (κ3) is 4.67. The second-order valence-corrected chi connectivity index (χ2v) is 10.4. The fourth-order valence-electron chi connectivity index (χ4n) is 2.95. The average Bonchev–Trinajstić information content (AvgIpc) is 2.94. The van der Waals surface area contributed by atoms with Crippen molar-refractivity contribution in [2.45, 2.75) is 12.5 Å². The molecule has 1 amide bonds. The van der Waals surface area contributed by atoms with Crippen molar-refractivity contribution in [3.05, 3.63) is 35.4 Å². The van der Waals surface area contributed by atoms with Crippen molar-refractivity contribution >= 4 is 37.3 Å². The predicted molar refractivity (Wildman–Crippen MR) is 96.0 cm³/mol. The summed E-state index contributed by atoms with van der Waals surface area (Å²) in [5.41, 5.74) is -0.183. The van der Waals surface area contributed by atoms with E-state index in [1.54, 1.807) is 0 Å². The van der Waals surface area contributed by atoms with Crippen LogP contribution in [0.4, 0.5) is 19.3 Å². The van der Waals surface area contributed by atoms with Crippen LogP contribution in [0.2, 0.25) is 0 Å². The van der Waals surface area contributed by atoms with Crippen LogP contribution in [0, 0.1) is 11.6 Å². The van der Waals surface area contributed by atoms with Crippen molar-refractivity contribution < 1.29 is 39.3 Å². The Bertz CT molecular complexity index is 1030. The van der Waals surface area contributed by atoms with Crippen molar-refractivity contribution in [2.75, 3.05) is 35.8 Å². The summed E-state index contributed by atoms with van der Waals surface area (Å²) >= 11 is 0. The first-order valence-corrected chi connectivity index (χ1v) is 11.8. The lowest BCUT2D eigenvalue weighted by molar-refractivity contribution is 0.107. The number of rotatable bonds is 5. The number of hydrogen-bond donors (Lipinski definition) is 0. The molecule has 0 saturated carbocycles. The Kier molecular flexibility index (Phi) is 5.47. The molecule has 1 unspecified atom stereocenters. The number of ether oxygens (including phenoxy) is 1. The molecule has 2 heterocycles. The van der Waals surface area contributed by atoms with E-state index in [4.69, 9.17) is 4.74 Å². The van der Waals surface area contributed by atoms with E-state index >= 15 is 0 Å². The molecule has 0 bridgehead atoms. The van der Waals surface area contributed by atoms with E-state index in [0.29, 0.717) is 0 Å². The van der Waals surface area contributed by atoms with E-state index in [0.717, 1.165) is 23.3 Å². The summed E-state index contributed by atoms with van der Waals surface area (Å²) in [5.74, 6) is -2.36. The standard InChI is InChI=1S/C16H17F2NO7S2/c1-27(21,22)25-9-12-8-19(16(20)26-12)11-6-13(17)15(14(18)7-11)10-2-4-28(23,24)5-3-10/h2,6-7,12H,3-5,8-9H2,1H3. The summed E-state index contributed by atoms with van der Waals surface area (Å²) in [6.45, 7) is -0.557. The summed E-state index contributed by atoms with van der Waals surface area (Å²) in [6, 6.07) is 1.90. The van der Waals surface area contributed by atoms with E-state index in [1.807, 2.05) is 0 Å². The maximum atomic E-state index is 14.6. The van der Waals surface area contributed by atoms with E-state index in [9.17, 15) is 30.4 Å². The molecular weight excluding hydrogens is 420 g/mol. The minimum Gasteiger partial charge on any atom is -0.441 e. The number of cyclic esters (lactones) is 1. The molecule has 0 N–H and O–H groups in total. The number of halogens is 2. The maximum absolute atomic E-state index is 14.6. The fraction of sp³-hybridized carbons (Fsp3) is 0.438. The van der Waals surface area contributed by atoms with Crippen LogP contribution in [0.1, 0.15) is 12.0 Å². The van der Waals surface area contributed by atoms with Crippen LogP contribution in [0.15, 0.2) is 18.2 Å². The van der Waals surface area contributed by atoms with Gasteiger partial charge in [-0.25, -0.2) is 22.0 Å². The third-order valence-corrected chi connectivity index (χ3v) is 6.33. The Balaban J connectivity index is 1.81. The van der Waals surface area contributed by atoms with Gasteiger partial charge in [-0.05, 0) is 24.1 Å². The number of allylic oxidation sites excluding steroid dienone is 1. The second-order valence-electron chi connectivity index (χ2n) is 6.48. The predicted octanol–water partition coefficient (Wildman–Crippen LogP) is 1.47. The van der Waals surface area contributed by atoms with Crippen molar-refractivity contribution in [1.82, 2.24) is 0 Å². The van der Waals surface area contributed by atoms with Gasteiger partial charge >= 0.3 is 6.09 Å². The first-order chi connectivity index (χ1) is 13.0. The molecule has 1 fully saturated rings. The zero-order chi connectivity index (χ0) is 20.7. The largest absolute Gasteiger partial charge is 0.441 e. The van der Waals surface area contributed by atoms with Crippen LogP contribution < -0.4 is 4.90 Å². The van der Waals surface area contributed by atoms with Gasteiger partial charge in [-0.15, -0.1) is 0 Å². The number of benzene rings is 1. The van der Waals surface area contributed by atoms with E-state index < -0.39 is 50.4 Å². The van der Waals surface area contributed by atoms with Gasteiger partial charge in [-0.2, -0.15) is 8.42 Å². The Morgan fingerprint density at radius 3 is 2.46 bits per heavy atom. The third-order valence-electron chi connectivity index (χ3n) is 4.27. The van der Waals surface area contributed by atoms with Crippen LogP contribution in [-0.4, -0.2) is 59.9 Å². The molecule has 8 nitrogen and oxygen atoms in total. The lowest BCUT2D eigenvalue weighted by Crippen LogP contribution is -2.27. The van der Waals surface area contributed by atoms with Gasteiger partial charge in [0.1, 0.15) is 24.3 Å². The van der Waals surface area contributed by atoms with Crippen LogP contribution in [0.5, 0.6) is 0 Å². The van der Waals surface area contributed by atoms with Gasteiger partial charge in [0.25, 0.3) is 10.1 Å². The first-order valence-electron chi connectivity index (χ1n) is 8.16. The highest BCUT2D eigenvalue weighted by Crippen LogP contribution is 2.32. The minimum absolute atomic E-state index is 0.00776. The molecule has 0 spiro atoms. The molecule has 12 heteroatoms. The topological polar surface area (TPSA) is 107 Å². The lowest BCUT2D eigenvalue weighted by Gasteiger charge is -2.18. The maximum Gasteiger partial charge on any atom is 0.414 e. The number of sulfone groups is 1. The summed E-state index contributed by atoms with van der Waals surface area (Å²) in [5, 5.41) is 0. The summed E-state index contributed by atoms with van der Waals surface area (Å²) < 4.78 is 83.6. The van der Waals surface area contributed by atoms with E-state index in [2.05, 4.69) is 4.18 Å². The monoisotopic (exact) mass is 437 g/mol.